The molecule has 0 heterocycles. The molecule has 1 unspecified atom stereocenters. The fourth-order valence-electron chi connectivity index (χ4n) is 2.36. The van der Waals surface area contributed by atoms with E-state index in [1.807, 2.05) is 6.92 Å². The molecule has 0 aliphatic rings. The zero-order valence-electron chi connectivity index (χ0n) is 15.3. The largest absolute Gasteiger partial charge is 0.393 e. The molecule has 0 aliphatic heterocycles. The lowest BCUT2D eigenvalue weighted by Crippen LogP contribution is -2.34. The molecule has 0 radical (unpaired) electrons. The van der Waals surface area contributed by atoms with Gasteiger partial charge in [-0.15, -0.1) is 0 Å². The first kappa shape index (κ1) is 23.3. The van der Waals surface area contributed by atoms with E-state index < -0.39 is 18.0 Å². The van der Waals surface area contributed by atoms with Crippen molar-refractivity contribution in [1.82, 2.24) is 0 Å². The van der Waals surface area contributed by atoms with Crippen LogP contribution in [0.5, 0.6) is 0 Å². The molecule has 0 spiro atoms. The van der Waals surface area contributed by atoms with Crippen LogP contribution in [0.4, 0.5) is 0 Å². The number of carbonyl (C=O) groups excluding carboxylic acids is 2. The van der Waals surface area contributed by atoms with E-state index >= 15 is 0 Å². The van der Waals surface area contributed by atoms with Gasteiger partial charge >= 0.3 is 11.9 Å². The summed E-state index contributed by atoms with van der Waals surface area (Å²) < 4.78 is 4.74. The lowest BCUT2D eigenvalue weighted by molar-refractivity contribution is -0.160. The molecule has 25 heavy (non-hydrogen) atoms. The number of carbonyl (C=O) groups is 2. The number of nitrogens with zero attached hydrogens (tertiary/aromatic N) is 1. The minimum Gasteiger partial charge on any atom is -0.393 e. The Bertz CT molecular complexity index is 411. The van der Waals surface area contributed by atoms with Crippen LogP contribution < -0.4 is 17.2 Å². The third-order valence-electron chi connectivity index (χ3n) is 3.77. The second kappa shape index (κ2) is 14.7. The zero-order chi connectivity index (χ0) is 19.1. The summed E-state index contributed by atoms with van der Waals surface area (Å²) in [6, 6.07) is -0.849. The molecule has 0 saturated carbocycles. The molecule has 0 aromatic heterocycles. The van der Waals surface area contributed by atoms with Crippen molar-refractivity contribution in [1.29, 1.82) is 0 Å². The molecule has 0 aliphatic carbocycles. The summed E-state index contributed by atoms with van der Waals surface area (Å²) in [5.41, 5.74) is 16.0. The Kier molecular flexibility index (Phi) is 13.7. The Hall–Kier alpha value is -1.67. The van der Waals surface area contributed by atoms with E-state index in [9.17, 15) is 14.7 Å². The maximum Gasteiger partial charge on any atom is 0.330 e. The maximum atomic E-state index is 11.7. The van der Waals surface area contributed by atoms with Crippen LogP contribution in [-0.2, 0) is 14.3 Å². The molecule has 7 N–H and O–H groups in total. The zero-order valence-corrected chi connectivity index (χ0v) is 15.3. The molecule has 8 heteroatoms. The molecule has 2 atom stereocenters. The van der Waals surface area contributed by atoms with Gasteiger partial charge in [0.25, 0.3) is 0 Å². The Balaban J connectivity index is 3.70. The number of hydrogen-bond donors (Lipinski definition) is 4. The fraction of sp³-hybridized carbons (Fsp3) is 0.824. The smallest absolute Gasteiger partial charge is 0.330 e. The minimum absolute atomic E-state index is 0.00815. The van der Waals surface area contributed by atoms with Gasteiger partial charge in [0.1, 0.15) is 6.04 Å². The van der Waals surface area contributed by atoms with Crippen molar-refractivity contribution < 1.29 is 19.4 Å². The number of rotatable bonds is 14. The molecule has 0 fully saturated rings. The molecule has 0 rings (SSSR count). The minimum atomic E-state index is -0.849. The van der Waals surface area contributed by atoms with Gasteiger partial charge in [0.15, 0.2) is 5.96 Å². The van der Waals surface area contributed by atoms with E-state index in [0.29, 0.717) is 25.8 Å². The molecule has 0 aromatic carbocycles. The van der Waals surface area contributed by atoms with Gasteiger partial charge in [-0.05, 0) is 32.1 Å². The third-order valence-corrected chi connectivity index (χ3v) is 3.77. The first-order chi connectivity index (χ1) is 11.9. The molecular weight excluding hydrogens is 324 g/mol. The van der Waals surface area contributed by atoms with Crippen molar-refractivity contribution in [2.45, 2.75) is 83.3 Å². The number of aliphatic hydroxyl groups is 1. The van der Waals surface area contributed by atoms with Gasteiger partial charge < -0.3 is 27.0 Å². The number of ether oxygens (including phenoxy) is 1. The van der Waals surface area contributed by atoms with Crippen molar-refractivity contribution in [2.75, 3.05) is 6.54 Å². The summed E-state index contributed by atoms with van der Waals surface area (Å²) in [6.45, 7) is 2.43. The molecule has 0 aromatic rings. The van der Waals surface area contributed by atoms with Crippen LogP contribution in [-0.4, -0.2) is 41.7 Å². The van der Waals surface area contributed by atoms with Crippen molar-refractivity contribution in [2.24, 2.45) is 22.2 Å². The second-order valence-electron chi connectivity index (χ2n) is 6.24. The highest BCUT2D eigenvalue weighted by Crippen LogP contribution is 2.11. The third kappa shape index (κ3) is 14.4. The van der Waals surface area contributed by atoms with Crippen LogP contribution in [0, 0.1) is 0 Å². The van der Waals surface area contributed by atoms with E-state index in [-0.39, 0.29) is 18.5 Å². The predicted molar refractivity (Wildman–Crippen MR) is 97.6 cm³/mol. The SMILES string of the molecule is CCCC(O)CCCCCCC(=O)OC(=O)[C@@H](N)CCCN=C(N)N. The van der Waals surface area contributed by atoms with Crippen LogP contribution in [0.25, 0.3) is 0 Å². The second-order valence-corrected chi connectivity index (χ2v) is 6.24. The van der Waals surface area contributed by atoms with Crippen molar-refractivity contribution >= 4 is 17.9 Å². The Labute approximate surface area is 150 Å². The fourth-order valence-corrected chi connectivity index (χ4v) is 2.36. The quantitative estimate of drug-likeness (QED) is 0.118. The van der Waals surface area contributed by atoms with Gasteiger partial charge in [-0.25, -0.2) is 4.79 Å². The molecule has 146 valence electrons. The number of unbranched alkanes of at least 4 members (excludes halogenated alkanes) is 3. The normalized spacial score (nSPS) is 13.1. The first-order valence-electron chi connectivity index (χ1n) is 9.10. The van der Waals surface area contributed by atoms with Crippen molar-refractivity contribution in [3.63, 3.8) is 0 Å². The summed E-state index contributed by atoms with van der Waals surface area (Å²) >= 11 is 0. The number of aliphatic imine (C=N–C) groups is 1. The molecule has 0 bridgehead atoms. The summed E-state index contributed by atoms with van der Waals surface area (Å²) in [5.74, 6) is -1.26. The monoisotopic (exact) mass is 358 g/mol. The van der Waals surface area contributed by atoms with Gasteiger partial charge in [0, 0.05) is 13.0 Å². The first-order valence-corrected chi connectivity index (χ1v) is 9.10. The summed E-state index contributed by atoms with van der Waals surface area (Å²) in [4.78, 5) is 27.1. The van der Waals surface area contributed by atoms with Crippen molar-refractivity contribution in [3.05, 3.63) is 0 Å². The van der Waals surface area contributed by atoms with Gasteiger partial charge in [-0.3, -0.25) is 9.79 Å². The highest BCUT2D eigenvalue weighted by molar-refractivity contribution is 5.88. The summed E-state index contributed by atoms with van der Waals surface area (Å²) in [5, 5.41) is 9.61. The van der Waals surface area contributed by atoms with E-state index in [0.717, 1.165) is 38.5 Å². The van der Waals surface area contributed by atoms with E-state index in [2.05, 4.69) is 4.99 Å². The van der Waals surface area contributed by atoms with Gasteiger partial charge in [-0.2, -0.15) is 0 Å². The van der Waals surface area contributed by atoms with Crippen LogP contribution >= 0.6 is 0 Å². The number of guanidine groups is 1. The molecular formula is C17H34N4O4. The molecule has 0 saturated heterocycles. The van der Waals surface area contributed by atoms with Crippen LogP contribution in [0.15, 0.2) is 4.99 Å². The summed E-state index contributed by atoms with van der Waals surface area (Å²) in [6.07, 6.45) is 6.90. The maximum absolute atomic E-state index is 11.7. The van der Waals surface area contributed by atoms with Crippen LogP contribution in [0.1, 0.15) is 71.1 Å². The van der Waals surface area contributed by atoms with E-state index in [1.165, 1.54) is 0 Å². The number of hydrogen-bond acceptors (Lipinski definition) is 6. The lowest BCUT2D eigenvalue weighted by atomic mass is 10.1. The molecule has 0 amide bonds. The van der Waals surface area contributed by atoms with Gasteiger partial charge in [-0.1, -0.05) is 32.6 Å². The van der Waals surface area contributed by atoms with Gasteiger partial charge in [0.05, 0.1) is 6.10 Å². The van der Waals surface area contributed by atoms with Crippen LogP contribution in [0.3, 0.4) is 0 Å². The van der Waals surface area contributed by atoms with Crippen LogP contribution in [0.2, 0.25) is 0 Å². The Morgan fingerprint density at radius 2 is 1.72 bits per heavy atom. The average Bonchev–Trinajstić information content (AvgIpc) is 2.54. The van der Waals surface area contributed by atoms with E-state index in [4.69, 9.17) is 21.9 Å². The molecule has 8 nitrogen and oxygen atoms in total. The standard InChI is InChI=1S/C17H34N4O4/c1-2-8-13(22)9-5-3-4-6-11-15(23)25-16(24)14(18)10-7-12-21-17(19)20/h13-14,22H,2-12,18H2,1H3,(H4,19,20,21)/t13?,14-/m0/s1. The van der Waals surface area contributed by atoms with Gasteiger partial charge in [0.2, 0.25) is 0 Å². The highest BCUT2D eigenvalue weighted by atomic mass is 16.6. The topological polar surface area (TPSA) is 154 Å². The van der Waals surface area contributed by atoms with E-state index in [1.54, 1.807) is 0 Å². The Morgan fingerprint density at radius 1 is 1.04 bits per heavy atom. The highest BCUT2D eigenvalue weighted by Gasteiger charge is 2.18. The summed E-state index contributed by atoms with van der Waals surface area (Å²) in [7, 11) is 0. The predicted octanol–water partition coefficient (Wildman–Crippen LogP) is 0.939. The number of aliphatic hydroxyl groups excluding tert-OH is 1. The number of nitrogens with two attached hydrogens (primary N) is 3. The van der Waals surface area contributed by atoms with Crippen molar-refractivity contribution in [3.8, 4) is 0 Å². The lowest BCUT2D eigenvalue weighted by Gasteiger charge is -2.10. The number of esters is 2. The average molecular weight is 358 g/mol. The Morgan fingerprint density at radius 3 is 2.36 bits per heavy atom.